The molecule has 116 valence electrons. The summed E-state index contributed by atoms with van der Waals surface area (Å²) >= 11 is 0. The van der Waals surface area contributed by atoms with E-state index >= 15 is 0 Å². The fraction of sp³-hybridized carbons (Fsp3) is 0.444. The molecule has 0 bridgehead atoms. The molecule has 0 radical (unpaired) electrons. The second kappa shape index (κ2) is 6.34. The van der Waals surface area contributed by atoms with Gasteiger partial charge >= 0.3 is 0 Å². The van der Waals surface area contributed by atoms with Gasteiger partial charge in [0.15, 0.2) is 0 Å². The summed E-state index contributed by atoms with van der Waals surface area (Å²) < 4.78 is 2.19. The normalized spacial score (nSPS) is 18.5. The third-order valence-corrected chi connectivity index (χ3v) is 4.48. The lowest BCUT2D eigenvalue weighted by Crippen LogP contribution is -2.41. The molecule has 1 aliphatic rings. The molecule has 1 atom stereocenters. The van der Waals surface area contributed by atoms with E-state index in [-0.39, 0.29) is 5.91 Å². The van der Waals surface area contributed by atoms with Crippen LogP contribution in [-0.4, -0.2) is 33.4 Å². The molecule has 4 heteroatoms. The van der Waals surface area contributed by atoms with Crippen LogP contribution < -0.4 is 0 Å². The van der Waals surface area contributed by atoms with Crippen LogP contribution in [0.15, 0.2) is 36.7 Å². The Morgan fingerprint density at radius 1 is 1.27 bits per heavy atom. The molecule has 1 aromatic carbocycles. The first kappa shape index (κ1) is 14.8. The zero-order chi connectivity index (χ0) is 15.5. The number of nitrogens with zero attached hydrogens (tertiary/aromatic N) is 3. The zero-order valence-electron chi connectivity index (χ0n) is 13.3. The smallest absolute Gasteiger partial charge is 0.253 e. The number of piperidine rings is 1. The van der Waals surface area contributed by atoms with Crippen molar-refractivity contribution in [3.05, 3.63) is 53.6 Å². The Morgan fingerprint density at radius 2 is 2.05 bits per heavy atom. The quantitative estimate of drug-likeness (QED) is 0.873. The summed E-state index contributed by atoms with van der Waals surface area (Å²) in [5, 5.41) is 0. The van der Waals surface area contributed by atoms with Crippen molar-refractivity contribution >= 4 is 5.91 Å². The third kappa shape index (κ3) is 3.21. The van der Waals surface area contributed by atoms with Crippen LogP contribution in [0.5, 0.6) is 0 Å². The molecule has 1 amide bonds. The monoisotopic (exact) mass is 297 g/mol. The van der Waals surface area contributed by atoms with Crippen molar-refractivity contribution in [1.82, 2.24) is 14.5 Å². The summed E-state index contributed by atoms with van der Waals surface area (Å²) in [6, 6.07) is 7.87. The molecule has 1 aromatic heterocycles. The predicted octanol–water partition coefficient (Wildman–Crippen LogP) is 3.05. The lowest BCUT2D eigenvalue weighted by molar-refractivity contribution is 0.0662. The Kier molecular flexibility index (Phi) is 4.27. The van der Waals surface area contributed by atoms with Gasteiger partial charge < -0.3 is 9.47 Å². The van der Waals surface area contributed by atoms with Crippen molar-refractivity contribution in [2.75, 3.05) is 13.1 Å². The first-order valence-electron chi connectivity index (χ1n) is 7.97. The van der Waals surface area contributed by atoms with Gasteiger partial charge in [0, 0.05) is 37.6 Å². The summed E-state index contributed by atoms with van der Waals surface area (Å²) in [6.07, 6.45) is 6.12. The summed E-state index contributed by atoms with van der Waals surface area (Å²) in [4.78, 5) is 18.9. The first-order valence-corrected chi connectivity index (χ1v) is 7.97. The maximum absolute atomic E-state index is 12.6. The molecule has 2 heterocycles. The zero-order valence-corrected chi connectivity index (χ0v) is 13.3. The molecule has 0 spiro atoms. The minimum atomic E-state index is 0.159. The number of hydrogen-bond acceptors (Lipinski definition) is 2. The standard InChI is InChI=1S/C18H23N3O/c1-14-5-7-17(8-6-14)18(22)21-10-3-4-16(13-21)12-20-11-9-19-15(20)2/h5-9,11,16H,3-4,10,12-13H2,1-2H3. The Morgan fingerprint density at radius 3 is 2.73 bits per heavy atom. The molecule has 2 aromatic rings. The molecule has 1 saturated heterocycles. The van der Waals surface area contributed by atoms with E-state index in [1.165, 1.54) is 12.0 Å². The van der Waals surface area contributed by atoms with E-state index in [1.807, 2.05) is 55.4 Å². The molecule has 0 aliphatic carbocycles. The van der Waals surface area contributed by atoms with Gasteiger partial charge in [-0.2, -0.15) is 0 Å². The fourth-order valence-corrected chi connectivity index (χ4v) is 3.15. The van der Waals surface area contributed by atoms with Gasteiger partial charge in [-0.3, -0.25) is 4.79 Å². The molecule has 3 rings (SSSR count). The van der Waals surface area contributed by atoms with E-state index in [1.54, 1.807) is 0 Å². The molecule has 4 nitrogen and oxygen atoms in total. The second-order valence-corrected chi connectivity index (χ2v) is 6.25. The number of amides is 1. The minimum Gasteiger partial charge on any atom is -0.338 e. The van der Waals surface area contributed by atoms with Crippen molar-refractivity contribution in [2.45, 2.75) is 33.2 Å². The lowest BCUT2D eigenvalue weighted by Gasteiger charge is -2.33. The number of rotatable bonds is 3. The molecule has 1 unspecified atom stereocenters. The SMILES string of the molecule is Cc1ccc(C(=O)N2CCCC(Cn3ccnc3C)C2)cc1. The molecular weight excluding hydrogens is 274 g/mol. The second-order valence-electron chi connectivity index (χ2n) is 6.25. The van der Waals surface area contributed by atoms with Crippen LogP contribution in [0.1, 0.15) is 34.6 Å². The van der Waals surface area contributed by atoms with E-state index in [4.69, 9.17) is 0 Å². The highest BCUT2D eigenvalue weighted by atomic mass is 16.2. The molecule has 0 saturated carbocycles. The van der Waals surface area contributed by atoms with Gasteiger partial charge in [0.25, 0.3) is 5.91 Å². The van der Waals surface area contributed by atoms with Crippen molar-refractivity contribution < 1.29 is 4.79 Å². The first-order chi connectivity index (χ1) is 10.6. The highest BCUT2D eigenvalue weighted by Crippen LogP contribution is 2.21. The molecule has 0 N–H and O–H groups in total. The van der Waals surface area contributed by atoms with E-state index < -0.39 is 0 Å². The Labute approximate surface area is 131 Å². The van der Waals surface area contributed by atoms with Crippen LogP contribution in [0.4, 0.5) is 0 Å². The molecule has 22 heavy (non-hydrogen) atoms. The third-order valence-electron chi connectivity index (χ3n) is 4.48. The topological polar surface area (TPSA) is 38.1 Å². The van der Waals surface area contributed by atoms with Crippen LogP contribution in [0.25, 0.3) is 0 Å². The van der Waals surface area contributed by atoms with Gasteiger partial charge in [-0.1, -0.05) is 17.7 Å². The number of carbonyl (C=O) groups is 1. The highest BCUT2D eigenvalue weighted by molar-refractivity contribution is 5.94. The Balaban J connectivity index is 1.66. The number of benzene rings is 1. The molecule has 1 aliphatic heterocycles. The summed E-state index contributed by atoms with van der Waals surface area (Å²) in [5.41, 5.74) is 1.98. The van der Waals surface area contributed by atoms with Crippen LogP contribution in [0.2, 0.25) is 0 Å². The van der Waals surface area contributed by atoms with Gasteiger partial charge in [0.1, 0.15) is 5.82 Å². The average Bonchev–Trinajstić information content (AvgIpc) is 2.93. The number of aryl methyl sites for hydroxylation is 2. The van der Waals surface area contributed by atoms with Gasteiger partial charge in [0.2, 0.25) is 0 Å². The fourth-order valence-electron chi connectivity index (χ4n) is 3.15. The summed E-state index contributed by atoms with van der Waals surface area (Å²) in [5.74, 6) is 1.71. The number of aromatic nitrogens is 2. The Hall–Kier alpha value is -2.10. The van der Waals surface area contributed by atoms with Crippen molar-refractivity contribution in [1.29, 1.82) is 0 Å². The van der Waals surface area contributed by atoms with Crippen molar-refractivity contribution in [3.8, 4) is 0 Å². The van der Waals surface area contributed by atoms with Crippen molar-refractivity contribution in [3.63, 3.8) is 0 Å². The van der Waals surface area contributed by atoms with Crippen LogP contribution in [0, 0.1) is 19.8 Å². The number of hydrogen-bond donors (Lipinski definition) is 0. The van der Waals surface area contributed by atoms with Crippen LogP contribution >= 0.6 is 0 Å². The van der Waals surface area contributed by atoms with Crippen molar-refractivity contribution in [2.24, 2.45) is 5.92 Å². The van der Waals surface area contributed by atoms with Crippen LogP contribution in [0.3, 0.4) is 0 Å². The van der Waals surface area contributed by atoms with Gasteiger partial charge in [-0.05, 0) is 44.7 Å². The van der Waals surface area contributed by atoms with E-state index in [2.05, 4.69) is 9.55 Å². The van der Waals surface area contributed by atoms with Gasteiger partial charge in [0.05, 0.1) is 0 Å². The minimum absolute atomic E-state index is 0.159. The number of likely N-dealkylation sites (tertiary alicyclic amines) is 1. The Bertz CT molecular complexity index is 645. The molecule has 1 fully saturated rings. The van der Waals surface area contributed by atoms with Crippen LogP contribution in [-0.2, 0) is 6.54 Å². The maximum atomic E-state index is 12.6. The van der Waals surface area contributed by atoms with Gasteiger partial charge in [-0.25, -0.2) is 4.98 Å². The van der Waals surface area contributed by atoms with E-state index in [0.29, 0.717) is 5.92 Å². The predicted molar refractivity (Wildman–Crippen MR) is 86.8 cm³/mol. The molecular formula is C18H23N3O. The number of carbonyl (C=O) groups excluding carboxylic acids is 1. The lowest BCUT2D eigenvalue weighted by atomic mass is 9.97. The largest absolute Gasteiger partial charge is 0.338 e. The van der Waals surface area contributed by atoms with Gasteiger partial charge in [-0.15, -0.1) is 0 Å². The summed E-state index contributed by atoms with van der Waals surface area (Å²) in [7, 11) is 0. The highest BCUT2D eigenvalue weighted by Gasteiger charge is 2.24. The number of imidazole rings is 1. The summed E-state index contributed by atoms with van der Waals surface area (Å²) in [6.45, 7) is 6.72. The maximum Gasteiger partial charge on any atom is 0.253 e. The average molecular weight is 297 g/mol. The van der Waals surface area contributed by atoms with E-state index in [9.17, 15) is 4.79 Å². The van der Waals surface area contributed by atoms with E-state index in [0.717, 1.165) is 37.4 Å².